The molecule has 0 atom stereocenters. The van der Waals surface area contributed by atoms with E-state index < -0.39 is 5.97 Å². The molecule has 2 rings (SSSR count). The third-order valence-electron chi connectivity index (χ3n) is 1.47. The monoisotopic (exact) mass is 242 g/mol. The number of H-pyrrole nitrogens is 1. The summed E-state index contributed by atoms with van der Waals surface area (Å²) in [6, 6.07) is 0. The van der Waals surface area contributed by atoms with Crippen LogP contribution in [0.4, 0.5) is 0 Å². The first-order valence-corrected chi connectivity index (χ1v) is 4.07. The van der Waals surface area contributed by atoms with Gasteiger partial charge in [0.05, 0.1) is 6.20 Å². The SMILES string of the molecule is O=C(O)c1n[nH]c2cnc(Br)nc12. The van der Waals surface area contributed by atoms with Crippen molar-refractivity contribution in [2.24, 2.45) is 0 Å². The molecule has 0 saturated carbocycles. The number of nitrogens with zero attached hydrogens (tertiary/aromatic N) is 3. The molecule has 6 nitrogen and oxygen atoms in total. The number of hydrogen-bond donors (Lipinski definition) is 2. The minimum Gasteiger partial charge on any atom is -0.476 e. The second-order valence-corrected chi connectivity index (χ2v) is 2.99. The summed E-state index contributed by atoms with van der Waals surface area (Å²) in [6.45, 7) is 0. The molecule has 0 unspecified atom stereocenters. The second kappa shape index (κ2) is 2.77. The third-order valence-corrected chi connectivity index (χ3v) is 1.86. The Morgan fingerprint density at radius 2 is 2.38 bits per heavy atom. The van der Waals surface area contributed by atoms with Gasteiger partial charge in [-0.05, 0) is 15.9 Å². The molecule has 0 aromatic carbocycles. The highest BCUT2D eigenvalue weighted by Crippen LogP contribution is 2.14. The fourth-order valence-electron chi connectivity index (χ4n) is 0.941. The molecule has 66 valence electrons. The Morgan fingerprint density at radius 1 is 1.62 bits per heavy atom. The van der Waals surface area contributed by atoms with E-state index in [9.17, 15) is 4.79 Å². The van der Waals surface area contributed by atoms with Crippen molar-refractivity contribution in [2.75, 3.05) is 0 Å². The van der Waals surface area contributed by atoms with Gasteiger partial charge in [-0.3, -0.25) is 5.10 Å². The number of aromatic amines is 1. The fourth-order valence-corrected chi connectivity index (χ4v) is 1.22. The maximum absolute atomic E-state index is 10.6. The number of rotatable bonds is 1. The summed E-state index contributed by atoms with van der Waals surface area (Å²) in [4.78, 5) is 18.3. The summed E-state index contributed by atoms with van der Waals surface area (Å²) in [5, 5.41) is 14.8. The smallest absolute Gasteiger partial charge is 0.358 e. The zero-order valence-corrected chi connectivity index (χ0v) is 7.74. The standard InChI is InChI=1S/C6H3BrN4O2/c7-6-8-1-2-3(9-6)4(5(12)13)11-10-2/h1H,(H,10,11)(H,12,13). The van der Waals surface area contributed by atoms with E-state index in [0.29, 0.717) is 15.8 Å². The zero-order chi connectivity index (χ0) is 9.42. The lowest BCUT2D eigenvalue weighted by Gasteiger charge is -1.89. The summed E-state index contributed by atoms with van der Waals surface area (Å²) >= 11 is 3.04. The van der Waals surface area contributed by atoms with Crippen LogP contribution in [0.3, 0.4) is 0 Å². The predicted molar refractivity (Wildman–Crippen MR) is 46.3 cm³/mol. The lowest BCUT2D eigenvalue weighted by Crippen LogP contribution is -1.98. The van der Waals surface area contributed by atoms with Crippen LogP contribution < -0.4 is 0 Å². The van der Waals surface area contributed by atoms with Crippen molar-refractivity contribution in [1.82, 2.24) is 20.2 Å². The van der Waals surface area contributed by atoms with Gasteiger partial charge < -0.3 is 5.11 Å². The number of nitrogens with one attached hydrogen (secondary N) is 1. The summed E-state index contributed by atoms with van der Waals surface area (Å²) in [6.07, 6.45) is 1.46. The first-order chi connectivity index (χ1) is 6.18. The number of carbonyl (C=O) groups is 1. The molecule has 2 aromatic rings. The number of fused-ring (bicyclic) bond motifs is 1. The summed E-state index contributed by atoms with van der Waals surface area (Å²) in [5.41, 5.74) is 0.702. The van der Waals surface area contributed by atoms with Crippen LogP contribution in [0.15, 0.2) is 10.9 Å². The van der Waals surface area contributed by atoms with Gasteiger partial charge in [0.15, 0.2) is 10.4 Å². The van der Waals surface area contributed by atoms with E-state index in [1.54, 1.807) is 0 Å². The molecule has 0 spiro atoms. The Kier molecular flexibility index (Phi) is 1.73. The van der Waals surface area contributed by atoms with Gasteiger partial charge in [0.2, 0.25) is 0 Å². The zero-order valence-electron chi connectivity index (χ0n) is 6.15. The molecule has 2 N–H and O–H groups in total. The van der Waals surface area contributed by atoms with Crippen molar-refractivity contribution in [1.29, 1.82) is 0 Å². The highest BCUT2D eigenvalue weighted by molar-refractivity contribution is 9.10. The Balaban J connectivity index is 2.79. The van der Waals surface area contributed by atoms with E-state index >= 15 is 0 Å². The number of hydrogen-bond acceptors (Lipinski definition) is 4. The molecule has 0 aliphatic heterocycles. The van der Waals surface area contributed by atoms with E-state index in [4.69, 9.17) is 5.11 Å². The maximum Gasteiger partial charge on any atom is 0.358 e. The van der Waals surface area contributed by atoms with Crippen molar-refractivity contribution in [3.05, 3.63) is 16.6 Å². The molecule has 7 heteroatoms. The second-order valence-electron chi connectivity index (χ2n) is 2.28. The van der Waals surface area contributed by atoms with E-state index in [0.717, 1.165) is 0 Å². The summed E-state index contributed by atoms with van der Waals surface area (Å²) < 4.78 is 0.337. The van der Waals surface area contributed by atoms with Crippen LogP contribution in [-0.4, -0.2) is 31.2 Å². The predicted octanol–water partition coefficient (Wildman–Crippen LogP) is 0.814. The molecule has 0 aliphatic rings. The van der Waals surface area contributed by atoms with Crippen molar-refractivity contribution in [3.8, 4) is 0 Å². The normalized spacial score (nSPS) is 10.5. The van der Waals surface area contributed by atoms with Gasteiger partial charge in [-0.1, -0.05) is 0 Å². The molecule has 0 bridgehead atoms. The minimum absolute atomic E-state index is 0.0990. The molecule has 2 heterocycles. The molecular formula is C6H3BrN4O2. The average molecular weight is 243 g/mol. The first-order valence-electron chi connectivity index (χ1n) is 3.28. The number of aromatic carboxylic acids is 1. The highest BCUT2D eigenvalue weighted by Gasteiger charge is 2.14. The molecule has 0 fully saturated rings. The molecule has 2 aromatic heterocycles. The van der Waals surface area contributed by atoms with Gasteiger partial charge in [-0.25, -0.2) is 14.8 Å². The molecule has 0 amide bonds. The van der Waals surface area contributed by atoms with Gasteiger partial charge in [0.25, 0.3) is 0 Å². The Morgan fingerprint density at radius 3 is 3.08 bits per heavy atom. The van der Waals surface area contributed by atoms with Gasteiger partial charge in [-0.2, -0.15) is 5.10 Å². The number of carboxylic acid groups (broad SMARTS) is 1. The Bertz CT molecular complexity index is 480. The van der Waals surface area contributed by atoms with Gasteiger partial charge in [0, 0.05) is 0 Å². The van der Waals surface area contributed by atoms with Crippen molar-refractivity contribution >= 4 is 32.9 Å². The van der Waals surface area contributed by atoms with E-state index in [2.05, 4.69) is 36.1 Å². The summed E-state index contributed by atoms with van der Waals surface area (Å²) in [5.74, 6) is -1.11. The average Bonchev–Trinajstić information content (AvgIpc) is 2.46. The van der Waals surface area contributed by atoms with Crippen LogP contribution in [0.25, 0.3) is 11.0 Å². The number of carboxylic acids is 1. The molecular weight excluding hydrogens is 240 g/mol. The van der Waals surface area contributed by atoms with Gasteiger partial charge in [0.1, 0.15) is 11.0 Å². The van der Waals surface area contributed by atoms with E-state index in [1.165, 1.54) is 6.20 Å². The molecule has 0 radical (unpaired) electrons. The van der Waals surface area contributed by atoms with Crippen LogP contribution >= 0.6 is 15.9 Å². The van der Waals surface area contributed by atoms with Gasteiger partial charge in [-0.15, -0.1) is 0 Å². The van der Waals surface area contributed by atoms with Gasteiger partial charge >= 0.3 is 5.97 Å². The van der Waals surface area contributed by atoms with Crippen LogP contribution in [-0.2, 0) is 0 Å². The fraction of sp³-hybridized carbons (Fsp3) is 0. The topological polar surface area (TPSA) is 91.8 Å². The van der Waals surface area contributed by atoms with Crippen molar-refractivity contribution < 1.29 is 9.90 Å². The minimum atomic E-state index is -1.11. The van der Waals surface area contributed by atoms with Crippen molar-refractivity contribution in [3.63, 3.8) is 0 Å². The van der Waals surface area contributed by atoms with Crippen LogP contribution in [0.1, 0.15) is 10.5 Å². The lowest BCUT2D eigenvalue weighted by atomic mass is 10.3. The number of halogens is 1. The Labute approximate surface area is 80.1 Å². The third kappa shape index (κ3) is 1.26. The lowest BCUT2D eigenvalue weighted by molar-refractivity contribution is 0.0692. The highest BCUT2D eigenvalue weighted by atomic mass is 79.9. The maximum atomic E-state index is 10.6. The van der Waals surface area contributed by atoms with E-state index in [1.807, 2.05) is 0 Å². The molecule has 13 heavy (non-hydrogen) atoms. The van der Waals surface area contributed by atoms with Crippen LogP contribution in [0, 0.1) is 0 Å². The van der Waals surface area contributed by atoms with Crippen LogP contribution in [0.5, 0.6) is 0 Å². The molecule has 0 saturated heterocycles. The quantitative estimate of drug-likeness (QED) is 0.723. The molecule has 0 aliphatic carbocycles. The van der Waals surface area contributed by atoms with Crippen molar-refractivity contribution in [2.45, 2.75) is 0 Å². The number of aromatic nitrogens is 4. The first kappa shape index (κ1) is 8.11. The Hall–Kier alpha value is -1.50. The van der Waals surface area contributed by atoms with Crippen LogP contribution in [0.2, 0.25) is 0 Å². The largest absolute Gasteiger partial charge is 0.476 e. The summed E-state index contributed by atoms with van der Waals surface area (Å²) in [7, 11) is 0. The van der Waals surface area contributed by atoms with E-state index in [-0.39, 0.29) is 5.69 Å².